The Bertz CT molecular complexity index is 869. The number of aliphatic hydroxyl groups excluding tert-OH is 1. The van der Waals surface area contributed by atoms with E-state index in [9.17, 15) is 14.3 Å². The Hall–Kier alpha value is -3.26. The predicted molar refractivity (Wildman–Crippen MR) is 94.8 cm³/mol. The van der Waals surface area contributed by atoms with Crippen LogP contribution in [0.2, 0.25) is 0 Å². The molecule has 0 aliphatic rings. The third-order valence-electron chi connectivity index (χ3n) is 3.78. The lowest BCUT2D eigenvalue weighted by Gasteiger charge is -2.18. The number of H-pyrrole nitrogens is 1. The molecule has 0 saturated heterocycles. The number of carbonyl (C=O) groups is 1. The summed E-state index contributed by atoms with van der Waals surface area (Å²) in [6, 6.07) is 10.2. The molecule has 1 unspecified atom stereocenters. The van der Waals surface area contributed by atoms with Crippen LogP contribution in [0.1, 0.15) is 18.0 Å². The predicted octanol–water partition coefficient (Wildman–Crippen LogP) is 2.86. The summed E-state index contributed by atoms with van der Waals surface area (Å²) in [7, 11) is 0. The molecule has 0 aliphatic heterocycles. The molecule has 3 rings (SSSR count). The van der Waals surface area contributed by atoms with Crippen molar-refractivity contribution in [2.24, 2.45) is 0 Å². The molecule has 0 spiro atoms. The van der Waals surface area contributed by atoms with Crippen LogP contribution in [0, 0.1) is 5.82 Å². The van der Waals surface area contributed by atoms with E-state index in [-0.39, 0.29) is 13.0 Å². The van der Waals surface area contributed by atoms with Gasteiger partial charge in [-0.2, -0.15) is 5.10 Å². The minimum atomic E-state index is -0.519. The van der Waals surface area contributed by atoms with E-state index in [2.05, 4.69) is 25.8 Å². The van der Waals surface area contributed by atoms with E-state index in [0.29, 0.717) is 11.4 Å². The summed E-state index contributed by atoms with van der Waals surface area (Å²) in [4.78, 5) is 16.2. The minimum Gasteiger partial charge on any atom is -0.396 e. The third-order valence-corrected chi connectivity index (χ3v) is 3.78. The maximum absolute atomic E-state index is 13.4. The molecule has 0 bridgehead atoms. The average Bonchev–Trinajstić information content (AvgIpc) is 3.10. The zero-order chi connectivity index (χ0) is 18.4. The number of benzene rings is 1. The van der Waals surface area contributed by atoms with Crippen LogP contribution in [-0.4, -0.2) is 32.9 Å². The highest BCUT2D eigenvalue weighted by molar-refractivity contribution is 5.89. The Balaban J connectivity index is 1.66. The van der Waals surface area contributed by atoms with Crippen LogP contribution in [0.15, 0.2) is 54.9 Å². The third kappa shape index (κ3) is 4.42. The Kier molecular flexibility index (Phi) is 5.55. The first kappa shape index (κ1) is 17.6. The number of amides is 2. The van der Waals surface area contributed by atoms with Crippen LogP contribution in [0.4, 0.5) is 15.0 Å². The molecule has 4 N–H and O–H groups in total. The van der Waals surface area contributed by atoms with Gasteiger partial charge in [-0.1, -0.05) is 12.1 Å². The maximum atomic E-state index is 13.4. The lowest BCUT2D eigenvalue weighted by atomic mass is 10.0. The monoisotopic (exact) mass is 355 g/mol. The topological polar surface area (TPSA) is 103 Å². The van der Waals surface area contributed by atoms with Crippen LogP contribution in [0.5, 0.6) is 0 Å². The number of hydrogen-bond acceptors (Lipinski definition) is 4. The van der Waals surface area contributed by atoms with Crippen molar-refractivity contribution < 1.29 is 14.3 Å². The molecule has 0 radical (unpaired) electrons. The minimum absolute atomic E-state index is 0.143. The van der Waals surface area contributed by atoms with Crippen molar-refractivity contribution in [2.75, 3.05) is 11.9 Å². The Morgan fingerprint density at radius 2 is 2.04 bits per heavy atom. The quantitative estimate of drug-likeness (QED) is 0.546. The van der Waals surface area contributed by atoms with Gasteiger partial charge in [0.25, 0.3) is 0 Å². The van der Waals surface area contributed by atoms with E-state index in [4.69, 9.17) is 0 Å². The van der Waals surface area contributed by atoms with Gasteiger partial charge in [-0.15, -0.1) is 0 Å². The van der Waals surface area contributed by atoms with Crippen molar-refractivity contribution in [1.29, 1.82) is 0 Å². The number of aromatic amines is 1. The standard InChI is InChI=1S/C18H18FN5O2/c19-14-3-1-2-13(10-14)15(6-9-25)21-18(26)22-17-11-16(23-24-17)12-4-7-20-8-5-12/h1-5,7-8,10-11,15,25H,6,9H2,(H3,21,22,23,24,26). The first-order chi connectivity index (χ1) is 12.7. The number of aromatic nitrogens is 3. The zero-order valence-electron chi connectivity index (χ0n) is 13.8. The number of aliphatic hydroxyl groups is 1. The SMILES string of the molecule is O=C(Nc1cc(-c2ccncc2)[nH]n1)NC(CCO)c1cccc(F)c1. The van der Waals surface area contributed by atoms with E-state index in [1.54, 1.807) is 30.6 Å². The summed E-state index contributed by atoms with van der Waals surface area (Å²) in [5.74, 6) is -0.0572. The average molecular weight is 355 g/mol. The molecule has 1 atom stereocenters. The number of nitrogens with zero attached hydrogens (tertiary/aromatic N) is 2. The Morgan fingerprint density at radius 3 is 2.77 bits per heavy atom. The summed E-state index contributed by atoms with van der Waals surface area (Å²) in [5.41, 5.74) is 2.20. The second-order valence-corrected chi connectivity index (χ2v) is 5.62. The van der Waals surface area contributed by atoms with Crippen LogP contribution in [-0.2, 0) is 0 Å². The summed E-state index contributed by atoms with van der Waals surface area (Å²) < 4.78 is 13.4. The number of urea groups is 1. The van der Waals surface area contributed by atoms with E-state index < -0.39 is 17.9 Å². The second-order valence-electron chi connectivity index (χ2n) is 5.62. The molecule has 134 valence electrons. The van der Waals surface area contributed by atoms with Gasteiger partial charge in [0.1, 0.15) is 5.82 Å². The smallest absolute Gasteiger partial charge is 0.320 e. The highest BCUT2D eigenvalue weighted by atomic mass is 19.1. The van der Waals surface area contributed by atoms with Crippen LogP contribution >= 0.6 is 0 Å². The van der Waals surface area contributed by atoms with Crippen molar-refractivity contribution in [2.45, 2.75) is 12.5 Å². The van der Waals surface area contributed by atoms with Crippen LogP contribution in [0.25, 0.3) is 11.3 Å². The lowest BCUT2D eigenvalue weighted by molar-refractivity contribution is 0.239. The number of carbonyl (C=O) groups excluding carboxylic acids is 1. The van der Waals surface area contributed by atoms with Gasteiger partial charge in [-0.25, -0.2) is 9.18 Å². The van der Waals surface area contributed by atoms with Gasteiger partial charge in [0.05, 0.1) is 11.7 Å². The fraction of sp³-hybridized carbons (Fsp3) is 0.167. The first-order valence-corrected chi connectivity index (χ1v) is 8.05. The number of hydrogen-bond donors (Lipinski definition) is 4. The fourth-order valence-electron chi connectivity index (χ4n) is 2.55. The molecule has 7 nitrogen and oxygen atoms in total. The van der Waals surface area contributed by atoms with Crippen molar-refractivity contribution in [3.05, 3.63) is 66.2 Å². The van der Waals surface area contributed by atoms with Crippen molar-refractivity contribution in [1.82, 2.24) is 20.5 Å². The number of anilines is 1. The van der Waals surface area contributed by atoms with E-state index in [0.717, 1.165) is 11.3 Å². The molecule has 3 aromatic rings. The van der Waals surface area contributed by atoms with Gasteiger partial charge in [-0.05, 0) is 36.2 Å². The van der Waals surface area contributed by atoms with Crippen LogP contribution < -0.4 is 10.6 Å². The summed E-state index contributed by atoms with van der Waals surface area (Å²) >= 11 is 0. The molecule has 2 aromatic heterocycles. The van der Waals surface area contributed by atoms with Gasteiger partial charge >= 0.3 is 6.03 Å². The maximum Gasteiger partial charge on any atom is 0.320 e. The fourth-order valence-corrected chi connectivity index (χ4v) is 2.55. The Labute approximate surface area is 149 Å². The second kappa shape index (κ2) is 8.21. The summed E-state index contributed by atoms with van der Waals surface area (Å²) in [5, 5.41) is 21.4. The van der Waals surface area contributed by atoms with Crippen molar-refractivity contribution >= 4 is 11.8 Å². The molecule has 0 fully saturated rings. The molecule has 2 heterocycles. The highest BCUT2D eigenvalue weighted by Gasteiger charge is 2.16. The molecule has 0 saturated carbocycles. The van der Waals surface area contributed by atoms with Gasteiger partial charge < -0.3 is 10.4 Å². The normalized spacial score (nSPS) is 11.8. The van der Waals surface area contributed by atoms with Gasteiger partial charge in [0, 0.05) is 30.6 Å². The van der Waals surface area contributed by atoms with Crippen molar-refractivity contribution in [3.63, 3.8) is 0 Å². The van der Waals surface area contributed by atoms with Crippen molar-refractivity contribution in [3.8, 4) is 11.3 Å². The van der Waals surface area contributed by atoms with Gasteiger partial charge in [0.2, 0.25) is 0 Å². The van der Waals surface area contributed by atoms with E-state index in [1.807, 2.05) is 12.1 Å². The van der Waals surface area contributed by atoms with Gasteiger partial charge in [-0.3, -0.25) is 15.4 Å². The number of nitrogens with one attached hydrogen (secondary N) is 3. The van der Waals surface area contributed by atoms with E-state index >= 15 is 0 Å². The number of pyridine rings is 1. The first-order valence-electron chi connectivity index (χ1n) is 8.05. The Morgan fingerprint density at radius 1 is 1.23 bits per heavy atom. The summed E-state index contributed by atoms with van der Waals surface area (Å²) in [6.07, 6.45) is 3.59. The molecule has 1 aromatic carbocycles. The molecule has 8 heteroatoms. The van der Waals surface area contributed by atoms with Gasteiger partial charge in [0.15, 0.2) is 5.82 Å². The number of halogens is 1. The summed E-state index contributed by atoms with van der Waals surface area (Å²) in [6.45, 7) is -0.143. The van der Waals surface area contributed by atoms with Crippen LogP contribution in [0.3, 0.4) is 0 Å². The number of rotatable bonds is 6. The molecule has 2 amide bonds. The molecule has 26 heavy (non-hydrogen) atoms. The zero-order valence-corrected chi connectivity index (χ0v) is 13.8. The highest BCUT2D eigenvalue weighted by Crippen LogP contribution is 2.20. The molecular formula is C18H18FN5O2. The largest absolute Gasteiger partial charge is 0.396 e. The molecular weight excluding hydrogens is 337 g/mol. The lowest BCUT2D eigenvalue weighted by Crippen LogP contribution is -2.33. The van der Waals surface area contributed by atoms with E-state index in [1.165, 1.54) is 12.1 Å². The molecule has 0 aliphatic carbocycles.